The molecule has 0 aliphatic rings. The lowest BCUT2D eigenvalue weighted by Crippen LogP contribution is -2.05. The third-order valence-corrected chi connectivity index (χ3v) is 5.24. The minimum Gasteiger partial charge on any atom is -0.435 e. The van der Waals surface area contributed by atoms with Crippen LogP contribution < -0.4 is 4.74 Å². The molecule has 2 aromatic carbocycles. The van der Waals surface area contributed by atoms with Crippen molar-refractivity contribution in [2.45, 2.75) is 18.7 Å². The topological polar surface area (TPSA) is 56.5 Å². The number of benzene rings is 2. The number of pyridine rings is 1. The second kappa shape index (κ2) is 7.55. The Labute approximate surface area is 163 Å². The van der Waals surface area contributed by atoms with E-state index in [4.69, 9.17) is 0 Å². The molecule has 0 amide bonds. The first-order valence-electron chi connectivity index (χ1n) is 8.47. The van der Waals surface area contributed by atoms with Gasteiger partial charge in [0.2, 0.25) is 0 Å². The molecule has 28 heavy (non-hydrogen) atoms. The largest absolute Gasteiger partial charge is 0.435 e. The highest BCUT2D eigenvalue weighted by Gasteiger charge is 2.14. The Balaban J connectivity index is 1.56. The van der Waals surface area contributed by atoms with Crippen molar-refractivity contribution in [2.75, 3.05) is 5.75 Å². The van der Waals surface area contributed by atoms with Gasteiger partial charge in [0.15, 0.2) is 16.6 Å². The Hall–Kier alpha value is -3.00. The first-order chi connectivity index (χ1) is 13.5. The monoisotopic (exact) mass is 399 g/mol. The average molecular weight is 399 g/mol. The predicted molar refractivity (Wildman–Crippen MR) is 103 cm³/mol. The molecule has 0 N–H and O–H groups in total. The predicted octanol–water partition coefficient (Wildman–Crippen LogP) is 4.77. The summed E-state index contributed by atoms with van der Waals surface area (Å²) in [5.74, 6) is 0.0316. The van der Waals surface area contributed by atoms with Gasteiger partial charge in [0, 0.05) is 10.9 Å². The molecule has 0 saturated heterocycles. The van der Waals surface area contributed by atoms with Gasteiger partial charge in [0.1, 0.15) is 5.75 Å². The highest BCUT2D eigenvalue weighted by Crippen LogP contribution is 2.26. The van der Waals surface area contributed by atoms with Gasteiger partial charge in [0.25, 0.3) is 0 Å². The Morgan fingerprint density at radius 2 is 1.89 bits per heavy atom. The Bertz CT molecular complexity index is 1160. The van der Waals surface area contributed by atoms with E-state index in [1.165, 1.54) is 36.0 Å². The molecule has 0 aliphatic carbocycles. The summed E-state index contributed by atoms with van der Waals surface area (Å²) in [6.45, 7) is -0.869. The number of rotatable bonds is 6. The van der Waals surface area contributed by atoms with E-state index in [0.29, 0.717) is 10.7 Å². The zero-order chi connectivity index (χ0) is 19.7. The van der Waals surface area contributed by atoms with Crippen molar-refractivity contribution >= 4 is 34.1 Å². The van der Waals surface area contributed by atoms with Crippen LogP contribution in [0.15, 0.2) is 59.8 Å². The van der Waals surface area contributed by atoms with Crippen molar-refractivity contribution in [2.24, 2.45) is 0 Å². The van der Waals surface area contributed by atoms with Crippen molar-refractivity contribution in [3.63, 3.8) is 0 Å². The van der Waals surface area contributed by atoms with Crippen LogP contribution in [0.4, 0.5) is 8.78 Å². The molecular weight excluding hydrogens is 384 g/mol. The number of ether oxygens (including phenoxy) is 1. The number of nitrogens with zero attached hydrogens (tertiary/aromatic N) is 3. The van der Waals surface area contributed by atoms with Gasteiger partial charge < -0.3 is 4.74 Å². The molecule has 8 heteroatoms. The van der Waals surface area contributed by atoms with Gasteiger partial charge in [-0.2, -0.15) is 8.78 Å². The summed E-state index contributed by atoms with van der Waals surface area (Å²) in [4.78, 5) is 12.5. The molecule has 2 heterocycles. The normalized spacial score (nSPS) is 11.4. The fourth-order valence-electron chi connectivity index (χ4n) is 3.00. The van der Waals surface area contributed by atoms with Crippen LogP contribution in [0.5, 0.6) is 5.75 Å². The number of hydrogen-bond donors (Lipinski definition) is 0. The van der Waals surface area contributed by atoms with Gasteiger partial charge in [-0.1, -0.05) is 30.0 Å². The van der Waals surface area contributed by atoms with E-state index in [1.54, 1.807) is 0 Å². The van der Waals surface area contributed by atoms with Gasteiger partial charge in [-0.3, -0.25) is 9.20 Å². The second-order valence-electron chi connectivity index (χ2n) is 6.14. The van der Waals surface area contributed by atoms with E-state index in [-0.39, 0.29) is 17.3 Å². The summed E-state index contributed by atoms with van der Waals surface area (Å²) in [7, 11) is 0. The van der Waals surface area contributed by atoms with Crippen molar-refractivity contribution in [1.82, 2.24) is 14.6 Å². The highest BCUT2D eigenvalue weighted by molar-refractivity contribution is 7.99. The third kappa shape index (κ3) is 3.55. The highest BCUT2D eigenvalue weighted by atomic mass is 32.2. The van der Waals surface area contributed by atoms with Crippen LogP contribution in [0.3, 0.4) is 0 Å². The van der Waals surface area contributed by atoms with E-state index >= 15 is 0 Å². The smallest absolute Gasteiger partial charge is 0.387 e. The van der Waals surface area contributed by atoms with Crippen molar-refractivity contribution in [3.05, 3.63) is 65.7 Å². The molecule has 0 unspecified atom stereocenters. The Morgan fingerprint density at radius 1 is 1.14 bits per heavy atom. The molecule has 142 valence electrons. The molecule has 4 rings (SSSR count). The number of alkyl halides is 2. The summed E-state index contributed by atoms with van der Waals surface area (Å²) in [6, 6.07) is 15.6. The summed E-state index contributed by atoms with van der Waals surface area (Å²) in [5, 5.41) is 10.1. The van der Waals surface area contributed by atoms with Gasteiger partial charge in [0.05, 0.1) is 11.3 Å². The molecule has 0 aliphatic heterocycles. The van der Waals surface area contributed by atoms with Crippen molar-refractivity contribution in [3.8, 4) is 5.75 Å². The number of carbonyl (C=O) groups excluding carboxylic acids is 1. The number of thioether (sulfide) groups is 1. The number of aromatic nitrogens is 3. The van der Waals surface area contributed by atoms with Crippen LogP contribution in [-0.4, -0.2) is 32.7 Å². The molecular formula is C20H15F2N3O2S. The van der Waals surface area contributed by atoms with Crippen molar-refractivity contribution in [1.29, 1.82) is 0 Å². The molecule has 2 aromatic heterocycles. The van der Waals surface area contributed by atoms with Crippen LogP contribution in [-0.2, 0) is 0 Å². The summed E-state index contributed by atoms with van der Waals surface area (Å²) in [5.41, 5.74) is 3.23. The van der Waals surface area contributed by atoms with E-state index in [9.17, 15) is 13.6 Å². The maximum Gasteiger partial charge on any atom is 0.387 e. The van der Waals surface area contributed by atoms with E-state index in [0.717, 1.165) is 22.1 Å². The number of Topliss-reactive ketones (excluding diaryl/α,β-unsaturated/α-hetero) is 1. The fourth-order valence-corrected chi connectivity index (χ4v) is 3.85. The zero-order valence-corrected chi connectivity index (χ0v) is 15.6. The van der Waals surface area contributed by atoms with Gasteiger partial charge in [-0.15, -0.1) is 10.2 Å². The molecule has 5 nitrogen and oxygen atoms in total. The average Bonchev–Trinajstić information content (AvgIpc) is 3.09. The lowest BCUT2D eigenvalue weighted by Gasteiger charge is -2.07. The lowest BCUT2D eigenvalue weighted by atomic mass is 10.1. The van der Waals surface area contributed by atoms with E-state index in [2.05, 4.69) is 14.9 Å². The van der Waals surface area contributed by atoms with E-state index in [1.807, 2.05) is 41.7 Å². The van der Waals surface area contributed by atoms with Gasteiger partial charge >= 0.3 is 6.61 Å². The molecule has 0 bridgehead atoms. The maximum atomic E-state index is 12.5. The van der Waals surface area contributed by atoms with Crippen LogP contribution in [0.2, 0.25) is 0 Å². The number of para-hydroxylation sites is 1. The summed E-state index contributed by atoms with van der Waals surface area (Å²) in [6.07, 6.45) is 0. The summed E-state index contributed by atoms with van der Waals surface area (Å²) < 4.78 is 30.7. The van der Waals surface area contributed by atoms with E-state index < -0.39 is 6.61 Å². The minimum atomic E-state index is -2.89. The standard InChI is InChI=1S/C20H15F2N3O2S/c1-12-10-18-23-24-20(25(18)16-5-3-2-4-15(12)16)28-11-17(26)13-6-8-14(9-7-13)27-19(21)22/h2-10,19H,11H2,1H3. The van der Waals surface area contributed by atoms with Crippen LogP contribution in [0, 0.1) is 6.92 Å². The SMILES string of the molecule is Cc1cc2nnc(SCC(=O)c3ccc(OC(F)F)cc3)n2c2ccccc12. The molecule has 0 spiro atoms. The van der Waals surface area contributed by atoms with Gasteiger partial charge in [-0.25, -0.2) is 0 Å². The van der Waals surface area contributed by atoms with Crippen LogP contribution >= 0.6 is 11.8 Å². The summed E-state index contributed by atoms with van der Waals surface area (Å²) >= 11 is 1.28. The number of halogens is 2. The first-order valence-corrected chi connectivity index (χ1v) is 9.46. The Morgan fingerprint density at radius 3 is 2.64 bits per heavy atom. The van der Waals surface area contributed by atoms with Crippen molar-refractivity contribution < 1.29 is 18.3 Å². The molecule has 4 aromatic rings. The second-order valence-corrected chi connectivity index (χ2v) is 7.08. The molecule has 0 atom stereocenters. The number of hydrogen-bond acceptors (Lipinski definition) is 5. The first kappa shape index (κ1) is 18.4. The fraction of sp³-hybridized carbons (Fsp3) is 0.150. The number of fused-ring (bicyclic) bond motifs is 3. The van der Waals surface area contributed by atoms with Crippen LogP contribution in [0.1, 0.15) is 15.9 Å². The minimum absolute atomic E-state index is 0.0180. The third-order valence-electron chi connectivity index (χ3n) is 4.31. The number of aryl methyl sites for hydroxylation is 1. The molecule has 0 fully saturated rings. The Kier molecular flexibility index (Phi) is 4.95. The quantitative estimate of drug-likeness (QED) is 0.345. The molecule has 0 saturated carbocycles. The van der Waals surface area contributed by atoms with Gasteiger partial charge in [-0.05, 0) is 48.9 Å². The molecule has 0 radical (unpaired) electrons. The van der Waals surface area contributed by atoms with Crippen LogP contribution in [0.25, 0.3) is 16.6 Å². The lowest BCUT2D eigenvalue weighted by molar-refractivity contribution is -0.0498. The zero-order valence-electron chi connectivity index (χ0n) is 14.8. The number of carbonyl (C=O) groups is 1. The number of ketones is 1. The maximum absolute atomic E-state index is 12.5.